The quantitative estimate of drug-likeness (QED) is 0.748. The number of carbonyl (C=O) groups excluding carboxylic acids is 1. The van der Waals surface area contributed by atoms with E-state index in [4.69, 9.17) is 0 Å². The number of benzene rings is 1. The Bertz CT molecular complexity index is 767. The first-order valence-corrected chi connectivity index (χ1v) is 7.73. The number of hydrogen-bond donors (Lipinski definition) is 2. The lowest BCUT2D eigenvalue weighted by Gasteiger charge is -2.08. The van der Waals surface area contributed by atoms with Gasteiger partial charge in [0.25, 0.3) is 5.91 Å². The molecule has 0 atom stereocenters. The molecule has 3 aromatic rings. The highest BCUT2D eigenvalue weighted by Crippen LogP contribution is 2.18. The molecule has 0 aliphatic rings. The molecule has 0 aliphatic heterocycles. The minimum absolute atomic E-state index is 0.137. The van der Waals surface area contributed by atoms with E-state index in [-0.39, 0.29) is 5.91 Å². The monoisotopic (exact) mass is 309 g/mol. The van der Waals surface area contributed by atoms with Gasteiger partial charge in [-0.1, -0.05) is 18.2 Å². The lowest BCUT2D eigenvalue weighted by atomic mass is 10.2. The van der Waals surface area contributed by atoms with Crippen LogP contribution in [0, 0.1) is 6.92 Å². The Balaban J connectivity index is 1.66. The van der Waals surface area contributed by atoms with E-state index in [1.165, 1.54) is 16.9 Å². The molecule has 0 fully saturated rings. The summed E-state index contributed by atoms with van der Waals surface area (Å²) in [4.78, 5) is 16.9. The van der Waals surface area contributed by atoms with Crippen LogP contribution in [0.3, 0.4) is 0 Å². The topological polar surface area (TPSA) is 54.0 Å². The summed E-state index contributed by atoms with van der Waals surface area (Å²) in [6.45, 7) is 2.05. The standard InChI is InChI=1S/C17H15N3OS/c1-12-4-2-5-13(10-12)19-14-7-8-16(18-11-14)20-17(21)15-6-3-9-22-15/h2-11,19H,1H3,(H,18,20,21). The molecule has 0 unspecified atom stereocenters. The van der Waals surface area contributed by atoms with Crippen LogP contribution in [0.4, 0.5) is 17.2 Å². The van der Waals surface area contributed by atoms with Crippen molar-refractivity contribution in [3.05, 3.63) is 70.5 Å². The Morgan fingerprint density at radius 2 is 2.00 bits per heavy atom. The largest absolute Gasteiger partial charge is 0.354 e. The fourth-order valence-electron chi connectivity index (χ4n) is 2.02. The third-order valence-electron chi connectivity index (χ3n) is 3.06. The molecular weight excluding hydrogens is 294 g/mol. The van der Waals surface area contributed by atoms with Gasteiger partial charge < -0.3 is 10.6 Å². The Morgan fingerprint density at radius 3 is 2.68 bits per heavy atom. The van der Waals surface area contributed by atoms with Crippen LogP contribution in [0.15, 0.2) is 60.1 Å². The van der Waals surface area contributed by atoms with E-state index in [0.717, 1.165) is 11.4 Å². The number of aromatic nitrogens is 1. The molecule has 1 amide bonds. The molecule has 0 bridgehead atoms. The summed E-state index contributed by atoms with van der Waals surface area (Å²) in [6, 6.07) is 15.4. The average Bonchev–Trinajstić information content (AvgIpc) is 3.04. The van der Waals surface area contributed by atoms with Crippen LogP contribution in [0.2, 0.25) is 0 Å². The van der Waals surface area contributed by atoms with Crippen LogP contribution in [0.25, 0.3) is 0 Å². The Kier molecular flexibility index (Phi) is 4.16. The molecule has 0 aliphatic carbocycles. The number of nitrogens with one attached hydrogen (secondary N) is 2. The first-order chi connectivity index (χ1) is 10.7. The predicted molar refractivity (Wildman–Crippen MR) is 91.0 cm³/mol. The molecule has 5 heteroatoms. The fraction of sp³-hybridized carbons (Fsp3) is 0.0588. The number of rotatable bonds is 4. The molecule has 0 spiro atoms. The number of aryl methyl sites for hydroxylation is 1. The average molecular weight is 309 g/mol. The van der Waals surface area contributed by atoms with Crippen molar-refractivity contribution < 1.29 is 4.79 Å². The van der Waals surface area contributed by atoms with Crippen molar-refractivity contribution in [2.24, 2.45) is 0 Å². The highest BCUT2D eigenvalue weighted by molar-refractivity contribution is 7.12. The molecule has 2 heterocycles. The number of anilines is 3. The fourth-order valence-corrected chi connectivity index (χ4v) is 2.64. The first-order valence-electron chi connectivity index (χ1n) is 6.85. The maximum absolute atomic E-state index is 11.9. The van der Waals surface area contributed by atoms with E-state index in [1.54, 1.807) is 18.3 Å². The van der Waals surface area contributed by atoms with Crippen LogP contribution in [0.1, 0.15) is 15.2 Å². The number of nitrogens with zero attached hydrogens (tertiary/aromatic N) is 1. The number of pyridine rings is 1. The lowest BCUT2D eigenvalue weighted by molar-refractivity contribution is 0.103. The molecule has 0 radical (unpaired) electrons. The van der Waals surface area contributed by atoms with Gasteiger partial charge >= 0.3 is 0 Å². The van der Waals surface area contributed by atoms with Gasteiger partial charge in [-0.05, 0) is 48.2 Å². The molecule has 3 rings (SSSR count). The third kappa shape index (κ3) is 3.51. The van der Waals surface area contributed by atoms with Gasteiger partial charge in [0.15, 0.2) is 0 Å². The van der Waals surface area contributed by atoms with Crippen LogP contribution >= 0.6 is 11.3 Å². The number of thiophene rings is 1. The number of amides is 1. The molecule has 4 nitrogen and oxygen atoms in total. The van der Waals surface area contributed by atoms with Crippen molar-refractivity contribution in [2.45, 2.75) is 6.92 Å². The maximum Gasteiger partial charge on any atom is 0.266 e. The molecule has 2 aromatic heterocycles. The minimum atomic E-state index is -0.137. The van der Waals surface area contributed by atoms with Gasteiger partial charge in [-0.3, -0.25) is 4.79 Å². The minimum Gasteiger partial charge on any atom is -0.354 e. The predicted octanol–water partition coefficient (Wildman–Crippen LogP) is 4.45. The van der Waals surface area contributed by atoms with E-state index >= 15 is 0 Å². The van der Waals surface area contributed by atoms with E-state index in [9.17, 15) is 4.79 Å². The molecule has 110 valence electrons. The second kappa shape index (κ2) is 6.41. The van der Waals surface area contributed by atoms with Gasteiger partial charge in [-0.25, -0.2) is 4.98 Å². The summed E-state index contributed by atoms with van der Waals surface area (Å²) in [5.41, 5.74) is 3.08. The molecule has 22 heavy (non-hydrogen) atoms. The maximum atomic E-state index is 11.9. The molecule has 0 saturated heterocycles. The smallest absolute Gasteiger partial charge is 0.266 e. The highest BCUT2D eigenvalue weighted by atomic mass is 32.1. The molecule has 1 aromatic carbocycles. The second-order valence-electron chi connectivity index (χ2n) is 4.86. The second-order valence-corrected chi connectivity index (χ2v) is 5.81. The van der Waals surface area contributed by atoms with Crippen LogP contribution in [-0.4, -0.2) is 10.9 Å². The Labute approximate surface area is 132 Å². The number of hydrogen-bond acceptors (Lipinski definition) is 4. The lowest BCUT2D eigenvalue weighted by Crippen LogP contribution is -2.11. The van der Waals surface area contributed by atoms with E-state index < -0.39 is 0 Å². The summed E-state index contributed by atoms with van der Waals surface area (Å²) < 4.78 is 0. The summed E-state index contributed by atoms with van der Waals surface area (Å²) in [6.07, 6.45) is 1.70. The van der Waals surface area contributed by atoms with Crippen LogP contribution < -0.4 is 10.6 Å². The van der Waals surface area contributed by atoms with Crippen molar-refractivity contribution in [3.63, 3.8) is 0 Å². The van der Waals surface area contributed by atoms with E-state index in [1.807, 2.05) is 42.6 Å². The van der Waals surface area contributed by atoms with Gasteiger partial charge in [0.1, 0.15) is 5.82 Å². The summed E-state index contributed by atoms with van der Waals surface area (Å²) in [7, 11) is 0. The van der Waals surface area contributed by atoms with Crippen LogP contribution in [0.5, 0.6) is 0 Å². The van der Waals surface area contributed by atoms with Crippen molar-refractivity contribution in [3.8, 4) is 0 Å². The summed E-state index contributed by atoms with van der Waals surface area (Å²) >= 11 is 1.40. The van der Waals surface area contributed by atoms with Gasteiger partial charge in [0.2, 0.25) is 0 Å². The van der Waals surface area contributed by atoms with Crippen molar-refractivity contribution in [1.29, 1.82) is 0 Å². The first kappa shape index (κ1) is 14.3. The van der Waals surface area contributed by atoms with Gasteiger partial charge in [0, 0.05) is 5.69 Å². The number of carbonyl (C=O) groups is 1. The normalized spacial score (nSPS) is 10.2. The Morgan fingerprint density at radius 1 is 1.09 bits per heavy atom. The van der Waals surface area contributed by atoms with Crippen LogP contribution in [-0.2, 0) is 0 Å². The zero-order valence-corrected chi connectivity index (χ0v) is 12.9. The molecule has 0 saturated carbocycles. The zero-order valence-electron chi connectivity index (χ0n) is 12.0. The Hall–Kier alpha value is -2.66. The van der Waals surface area contributed by atoms with Crippen molar-refractivity contribution in [1.82, 2.24) is 4.98 Å². The SMILES string of the molecule is Cc1cccc(Nc2ccc(NC(=O)c3cccs3)nc2)c1. The van der Waals surface area contributed by atoms with Gasteiger partial charge in [0.05, 0.1) is 16.8 Å². The summed E-state index contributed by atoms with van der Waals surface area (Å²) in [5.74, 6) is 0.398. The van der Waals surface area contributed by atoms with E-state index in [2.05, 4.69) is 21.7 Å². The zero-order chi connectivity index (χ0) is 15.4. The molecular formula is C17H15N3OS. The molecule has 2 N–H and O–H groups in total. The van der Waals surface area contributed by atoms with Gasteiger partial charge in [-0.15, -0.1) is 11.3 Å². The van der Waals surface area contributed by atoms with Crippen molar-refractivity contribution in [2.75, 3.05) is 10.6 Å². The van der Waals surface area contributed by atoms with E-state index in [0.29, 0.717) is 10.7 Å². The van der Waals surface area contributed by atoms with Gasteiger partial charge in [-0.2, -0.15) is 0 Å². The summed E-state index contributed by atoms with van der Waals surface area (Å²) in [5, 5.41) is 7.93. The third-order valence-corrected chi connectivity index (χ3v) is 3.93. The van der Waals surface area contributed by atoms with Crippen molar-refractivity contribution >= 4 is 34.4 Å². The highest BCUT2D eigenvalue weighted by Gasteiger charge is 2.07.